The molecular weight excluding hydrogens is 216 g/mol. The van der Waals surface area contributed by atoms with Gasteiger partial charge in [-0.1, -0.05) is 6.07 Å². The number of hydrogen-bond donors (Lipinski definition) is 2. The van der Waals surface area contributed by atoms with Crippen molar-refractivity contribution in [3.8, 4) is 0 Å². The maximum Gasteiger partial charge on any atom is 0.141 e. The van der Waals surface area contributed by atoms with E-state index in [-0.39, 0.29) is 5.84 Å². The average molecular weight is 234 g/mol. The lowest BCUT2D eigenvalue weighted by Crippen LogP contribution is -2.30. The Hall–Kier alpha value is -1.62. The molecule has 0 amide bonds. The van der Waals surface area contributed by atoms with Gasteiger partial charge >= 0.3 is 0 Å². The Morgan fingerprint density at radius 3 is 2.94 bits per heavy atom. The van der Waals surface area contributed by atoms with Crippen molar-refractivity contribution in [2.75, 3.05) is 25.2 Å². The van der Waals surface area contributed by atoms with Gasteiger partial charge in [0.1, 0.15) is 17.3 Å². The number of nitrogens with zero attached hydrogens (tertiary/aromatic N) is 2. The molecule has 0 spiro atoms. The molecule has 1 heterocycles. The molecule has 17 heavy (non-hydrogen) atoms. The molecule has 0 aliphatic heterocycles. The third-order valence-electron chi connectivity index (χ3n) is 2.83. The Kier molecular flexibility index (Phi) is 3.58. The maximum absolute atomic E-state index is 7.41. The largest absolute Gasteiger partial charge is 0.383 e. The van der Waals surface area contributed by atoms with Gasteiger partial charge in [0.15, 0.2) is 0 Å². The molecule has 0 saturated heterocycles. The summed E-state index contributed by atoms with van der Waals surface area (Å²) >= 11 is 0. The Bertz CT molecular complexity index is 403. The molecule has 0 atom stereocenters. The van der Waals surface area contributed by atoms with Crippen molar-refractivity contribution in [3.05, 3.63) is 23.9 Å². The zero-order chi connectivity index (χ0) is 12.3. The Labute approximate surface area is 101 Å². The van der Waals surface area contributed by atoms with Crippen LogP contribution in [0.4, 0.5) is 5.82 Å². The van der Waals surface area contributed by atoms with E-state index in [2.05, 4.69) is 9.88 Å². The first-order chi connectivity index (χ1) is 8.22. The van der Waals surface area contributed by atoms with Gasteiger partial charge < -0.3 is 15.4 Å². The second kappa shape index (κ2) is 5.14. The van der Waals surface area contributed by atoms with Crippen LogP contribution < -0.4 is 10.6 Å². The van der Waals surface area contributed by atoms with E-state index in [1.165, 1.54) is 12.8 Å². The second-order valence-corrected chi connectivity index (χ2v) is 4.21. The van der Waals surface area contributed by atoms with Crippen LogP contribution >= 0.6 is 0 Å². The Balaban J connectivity index is 2.16. The minimum absolute atomic E-state index is 0.00865. The van der Waals surface area contributed by atoms with Gasteiger partial charge in [-0.3, -0.25) is 5.41 Å². The number of nitrogen functional groups attached to an aromatic ring is 1. The van der Waals surface area contributed by atoms with Gasteiger partial charge in [0, 0.05) is 19.7 Å². The summed E-state index contributed by atoms with van der Waals surface area (Å²) in [5.74, 6) is 0.895. The molecular formula is C12H18N4O. The van der Waals surface area contributed by atoms with E-state index in [0.717, 1.165) is 12.4 Å². The van der Waals surface area contributed by atoms with E-state index >= 15 is 0 Å². The van der Waals surface area contributed by atoms with Crippen LogP contribution in [0.15, 0.2) is 18.2 Å². The van der Waals surface area contributed by atoms with Crippen molar-refractivity contribution in [1.29, 1.82) is 5.41 Å². The van der Waals surface area contributed by atoms with Gasteiger partial charge in [-0.2, -0.15) is 0 Å². The van der Waals surface area contributed by atoms with Crippen LogP contribution in [0.25, 0.3) is 0 Å². The zero-order valence-electron chi connectivity index (χ0n) is 10.0. The standard InChI is InChI=1S/C12H18N4O/c1-17-8-7-16(9-5-6-9)11-4-2-3-10(15-11)12(13)14/h2-4,9H,5-8H2,1H3,(H3,13,14). The molecule has 0 bridgehead atoms. The van der Waals surface area contributed by atoms with E-state index in [1.54, 1.807) is 13.2 Å². The summed E-state index contributed by atoms with van der Waals surface area (Å²) in [7, 11) is 1.70. The fourth-order valence-corrected chi connectivity index (χ4v) is 1.79. The van der Waals surface area contributed by atoms with E-state index in [9.17, 15) is 0 Å². The summed E-state index contributed by atoms with van der Waals surface area (Å²) in [5.41, 5.74) is 5.99. The highest BCUT2D eigenvalue weighted by atomic mass is 16.5. The second-order valence-electron chi connectivity index (χ2n) is 4.21. The molecule has 92 valence electrons. The fraction of sp³-hybridized carbons (Fsp3) is 0.500. The van der Waals surface area contributed by atoms with Crippen LogP contribution in [0.2, 0.25) is 0 Å². The highest BCUT2D eigenvalue weighted by Gasteiger charge is 2.29. The fourth-order valence-electron chi connectivity index (χ4n) is 1.79. The average Bonchev–Trinajstić information content (AvgIpc) is 3.14. The quantitative estimate of drug-likeness (QED) is 0.568. The van der Waals surface area contributed by atoms with Crippen molar-refractivity contribution in [2.24, 2.45) is 5.73 Å². The maximum atomic E-state index is 7.41. The van der Waals surface area contributed by atoms with E-state index < -0.39 is 0 Å². The minimum Gasteiger partial charge on any atom is -0.383 e. The molecule has 0 radical (unpaired) electrons. The molecule has 0 unspecified atom stereocenters. The van der Waals surface area contributed by atoms with Crippen molar-refractivity contribution in [3.63, 3.8) is 0 Å². The minimum atomic E-state index is 0.00865. The van der Waals surface area contributed by atoms with Gasteiger partial charge in [-0.05, 0) is 25.0 Å². The molecule has 1 aromatic heterocycles. The number of amidine groups is 1. The summed E-state index contributed by atoms with van der Waals surface area (Å²) in [5, 5.41) is 7.41. The number of anilines is 1. The molecule has 2 rings (SSSR count). The number of nitrogens with one attached hydrogen (secondary N) is 1. The highest BCUT2D eigenvalue weighted by molar-refractivity contribution is 5.93. The Morgan fingerprint density at radius 1 is 1.59 bits per heavy atom. The van der Waals surface area contributed by atoms with Crippen LogP contribution in [0.1, 0.15) is 18.5 Å². The summed E-state index contributed by atoms with van der Waals surface area (Å²) < 4.78 is 5.11. The van der Waals surface area contributed by atoms with Crippen molar-refractivity contribution >= 4 is 11.7 Å². The van der Waals surface area contributed by atoms with E-state index in [4.69, 9.17) is 15.9 Å². The normalized spacial score (nSPS) is 14.6. The molecule has 5 heteroatoms. The van der Waals surface area contributed by atoms with Gasteiger partial charge in [-0.25, -0.2) is 4.98 Å². The lowest BCUT2D eigenvalue weighted by molar-refractivity contribution is 0.204. The van der Waals surface area contributed by atoms with Crippen molar-refractivity contribution in [2.45, 2.75) is 18.9 Å². The van der Waals surface area contributed by atoms with Crippen LogP contribution in [0, 0.1) is 5.41 Å². The molecule has 3 N–H and O–H groups in total. The van der Waals surface area contributed by atoms with Gasteiger partial charge in [-0.15, -0.1) is 0 Å². The first-order valence-electron chi connectivity index (χ1n) is 5.79. The molecule has 1 aliphatic rings. The number of pyridine rings is 1. The van der Waals surface area contributed by atoms with Crippen LogP contribution in [-0.2, 0) is 4.74 Å². The van der Waals surface area contributed by atoms with Crippen LogP contribution in [-0.4, -0.2) is 37.1 Å². The highest BCUT2D eigenvalue weighted by Crippen LogP contribution is 2.30. The summed E-state index contributed by atoms with van der Waals surface area (Å²) in [6.07, 6.45) is 2.41. The van der Waals surface area contributed by atoms with Gasteiger partial charge in [0.25, 0.3) is 0 Å². The number of aromatic nitrogens is 1. The molecule has 1 aliphatic carbocycles. The monoisotopic (exact) mass is 234 g/mol. The number of rotatable bonds is 6. The van der Waals surface area contributed by atoms with Crippen molar-refractivity contribution in [1.82, 2.24) is 4.98 Å². The predicted molar refractivity (Wildman–Crippen MR) is 67.5 cm³/mol. The van der Waals surface area contributed by atoms with Crippen LogP contribution in [0.3, 0.4) is 0 Å². The number of hydrogen-bond acceptors (Lipinski definition) is 4. The van der Waals surface area contributed by atoms with E-state index in [0.29, 0.717) is 18.3 Å². The Morgan fingerprint density at radius 2 is 2.35 bits per heavy atom. The van der Waals surface area contributed by atoms with Gasteiger partial charge in [0.05, 0.1) is 6.61 Å². The summed E-state index contributed by atoms with van der Waals surface area (Å²) in [4.78, 5) is 6.64. The van der Waals surface area contributed by atoms with E-state index in [1.807, 2.05) is 12.1 Å². The lowest BCUT2D eigenvalue weighted by Gasteiger charge is -2.23. The SMILES string of the molecule is COCCN(c1cccc(C(=N)N)n1)C1CC1. The first-order valence-corrected chi connectivity index (χ1v) is 5.79. The summed E-state index contributed by atoms with van der Waals surface area (Å²) in [6, 6.07) is 6.18. The number of methoxy groups -OCH3 is 1. The van der Waals surface area contributed by atoms with Crippen molar-refractivity contribution < 1.29 is 4.74 Å². The molecule has 1 aromatic rings. The topological polar surface area (TPSA) is 75.2 Å². The first kappa shape index (κ1) is 11.9. The smallest absolute Gasteiger partial charge is 0.141 e. The molecule has 1 saturated carbocycles. The predicted octanol–water partition coefficient (Wildman–Crippen LogP) is 0.981. The number of ether oxygens (including phenoxy) is 1. The van der Waals surface area contributed by atoms with Crippen LogP contribution in [0.5, 0.6) is 0 Å². The zero-order valence-corrected chi connectivity index (χ0v) is 10.0. The molecule has 5 nitrogen and oxygen atoms in total. The number of nitrogens with two attached hydrogens (primary N) is 1. The molecule has 0 aromatic carbocycles. The third kappa shape index (κ3) is 2.94. The molecule has 1 fully saturated rings. The summed E-state index contributed by atoms with van der Waals surface area (Å²) in [6.45, 7) is 1.51. The third-order valence-corrected chi connectivity index (χ3v) is 2.83. The lowest BCUT2D eigenvalue weighted by atomic mass is 10.3. The van der Waals surface area contributed by atoms with Gasteiger partial charge in [0.2, 0.25) is 0 Å².